The Labute approximate surface area is 259 Å². The predicted octanol–water partition coefficient (Wildman–Crippen LogP) is 11.9. The van der Waals surface area contributed by atoms with Crippen molar-refractivity contribution in [3.05, 3.63) is 156 Å². The number of rotatable bonds is 2. The number of hydrogen-bond acceptors (Lipinski definition) is 0. The molecule has 0 nitrogen and oxygen atoms in total. The highest BCUT2D eigenvalue weighted by atomic mass is 14.4. The van der Waals surface area contributed by atoms with Crippen molar-refractivity contribution in [3.63, 3.8) is 0 Å². The Balaban J connectivity index is 1.10. The first kappa shape index (κ1) is 25.5. The van der Waals surface area contributed by atoms with E-state index in [1.165, 1.54) is 88.3 Å². The summed E-state index contributed by atoms with van der Waals surface area (Å²) in [5, 5.41) is 5.20. The van der Waals surface area contributed by atoms with Crippen molar-refractivity contribution < 1.29 is 0 Å². The van der Waals surface area contributed by atoms with E-state index < -0.39 is 0 Å². The van der Waals surface area contributed by atoms with Gasteiger partial charge in [0, 0.05) is 10.8 Å². The highest BCUT2D eigenvalue weighted by Gasteiger charge is 2.37. The van der Waals surface area contributed by atoms with Crippen molar-refractivity contribution in [2.45, 2.75) is 38.5 Å². The molecule has 9 rings (SSSR count). The maximum Gasteiger partial charge on any atom is 0.0159 e. The van der Waals surface area contributed by atoms with Crippen LogP contribution < -0.4 is 0 Å². The fourth-order valence-corrected chi connectivity index (χ4v) is 8.17. The van der Waals surface area contributed by atoms with Crippen molar-refractivity contribution in [2.24, 2.45) is 0 Å². The minimum absolute atomic E-state index is 0.000431. The van der Waals surface area contributed by atoms with Crippen LogP contribution in [0, 0.1) is 0 Å². The summed E-state index contributed by atoms with van der Waals surface area (Å²) in [7, 11) is 0. The molecule has 0 unspecified atom stereocenters. The lowest BCUT2D eigenvalue weighted by atomic mass is 9.80. The molecule has 0 bridgehead atoms. The van der Waals surface area contributed by atoms with E-state index in [0.717, 1.165) is 0 Å². The molecule has 0 saturated heterocycles. The summed E-state index contributed by atoms with van der Waals surface area (Å²) in [6.45, 7) is 9.50. The lowest BCUT2D eigenvalue weighted by molar-refractivity contribution is 0.659. The summed E-state index contributed by atoms with van der Waals surface area (Å²) in [6, 6.07) is 50.3. The first-order valence-electron chi connectivity index (χ1n) is 15.8. The Hall–Kier alpha value is -4.94. The van der Waals surface area contributed by atoms with Gasteiger partial charge in [0.1, 0.15) is 0 Å². The van der Waals surface area contributed by atoms with Gasteiger partial charge in [-0.15, -0.1) is 0 Å². The Morgan fingerprint density at radius 1 is 0.318 bits per heavy atom. The summed E-state index contributed by atoms with van der Waals surface area (Å²) < 4.78 is 0. The highest BCUT2D eigenvalue weighted by Crippen LogP contribution is 2.52. The molecule has 0 radical (unpaired) electrons. The van der Waals surface area contributed by atoms with Gasteiger partial charge in [-0.25, -0.2) is 0 Å². The van der Waals surface area contributed by atoms with Gasteiger partial charge in [0.15, 0.2) is 0 Å². The molecule has 2 aliphatic rings. The third-order valence-corrected chi connectivity index (χ3v) is 10.7. The Morgan fingerprint density at radius 3 is 1.39 bits per heavy atom. The standard InChI is InChI=1S/C44H34/c1-43(2)39-12-8-7-11-35(39)36-20-17-30(25-40(36)43)31-18-22-38-37-21-16-29(24-41(37)44(3,4)42(38)26-31)28-15-19-34-32(23-28)14-13-27-9-5-6-10-33(27)34/h5-26H,1-4H3. The van der Waals surface area contributed by atoms with Crippen LogP contribution in [-0.4, -0.2) is 0 Å². The van der Waals surface area contributed by atoms with Gasteiger partial charge < -0.3 is 0 Å². The minimum atomic E-state index is -0.0873. The van der Waals surface area contributed by atoms with E-state index in [1.54, 1.807) is 0 Å². The second kappa shape index (κ2) is 8.80. The SMILES string of the molecule is CC1(C)c2ccccc2-c2ccc(-c3ccc4c(c3)C(C)(C)c3cc(-c5ccc6c(ccc7ccccc76)c5)ccc3-4)cc21. The van der Waals surface area contributed by atoms with Gasteiger partial charge in [-0.1, -0.05) is 137 Å². The monoisotopic (exact) mass is 562 g/mol. The van der Waals surface area contributed by atoms with Crippen LogP contribution in [0.1, 0.15) is 49.9 Å². The average molecular weight is 563 g/mol. The van der Waals surface area contributed by atoms with Crippen LogP contribution in [0.15, 0.2) is 133 Å². The molecule has 0 aromatic heterocycles. The van der Waals surface area contributed by atoms with Gasteiger partial charge in [0.25, 0.3) is 0 Å². The fraction of sp³-hybridized carbons (Fsp3) is 0.136. The summed E-state index contributed by atoms with van der Waals surface area (Å²) in [4.78, 5) is 0. The molecule has 0 spiro atoms. The first-order chi connectivity index (χ1) is 21.3. The molecule has 0 heteroatoms. The Bertz CT molecular complexity index is 2330. The van der Waals surface area contributed by atoms with E-state index in [1.807, 2.05) is 0 Å². The topological polar surface area (TPSA) is 0 Å². The maximum absolute atomic E-state index is 2.45. The zero-order valence-corrected chi connectivity index (χ0v) is 25.7. The first-order valence-corrected chi connectivity index (χ1v) is 15.8. The molecule has 0 atom stereocenters. The number of hydrogen-bond donors (Lipinski definition) is 0. The van der Waals surface area contributed by atoms with Crippen LogP contribution in [0.5, 0.6) is 0 Å². The average Bonchev–Trinajstić information content (AvgIpc) is 3.43. The van der Waals surface area contributed by atoms with Gasteiger partial charge in [0.2, 0.25) is 0 Å². The van der Waals surface area contributed by atoms with E-state index >= 15 is 0 Å². The summed E-state index contributed by atoms with van der Waals surface area (Å²) >= 11 is 0. The summed E-state index contributed by atoms with van der Waals surface area (Å²) in [5.74, 6) is 0. The second-order valence-electron chi connectivity index (χ2n) is 13.8. The predicted molar refractivity (Wildman–Crippen MR) is 187 cm³/mol. The molecule has 0 amide bonds. The maximum atomic E-state index is 2.45. The molecule has 2 aliphatic carbocycles. The minimum Gasteiger partial charge on any atom is -0.0619 e. The molecule has 210 valence electrons. The second-order valence-corrected chi connectivity index (χ2v) is 13.8. The van der Waals surface area contributed by atoms with E-state index in [0.29, 0.717) is 0 Å². The Kier molecular flexibility index (Phi) is 5.11. The van der Waals surface area contributed by atoms with Crippen LogP contribution in [0.25, 0.3) is 66.1 Å². The van der Waals surface area contributed by atoms with E-state index in [-0.39, 0.29) is 10.8 Å². The van der Waals surface area contributed by atoms with Crippen molar-refractivity contribution in [1.29, 1.82) is 0 Å². The number of benzene rings is 7. The van der Waals surface area contributed by atoms with Crippen molar-refractivity contribution in [2.75, 3.05) is 0 Å². The third kappa shape index (κ3) is 3.46. The van der Waals surface area contributed by atoms with Gasteiger partial charge in [0.05, 0.1) is 0 Å². The fourth-order valence-electron chi connectivity index (χ4n) is 8.17. The van der Waals surface area contributed by atoms with Gasteiger partial charge in [-0.05, 0) is 113 Å². The molecule has 0 fully saturated rings. The molecular weight excluding hydrogens is 528 g/mol. The zero-order chi connectivity index (χ0) is 29.8. The zero-order valence-electron chi connectivity index (χ0n) is 25.7. The molecule has 0 aliphatic heterocycles. The molecule has 0 N–H and O–H groups in total. The van der Waals surface area contributed by atoms with Crippen LogP contribution >= 0.6 is 0 Å². The van der Waals surface area contributed by atoms with Gasteiger partial charge >= 0.3 is 0 Å². The largest absolute Gasteiger partial charge is 0.0619 e. The van der Waals surface area contributed by atoms with Gasteiger partial charge in [-0.2, -0.15) is 0 Å². The lowest BCUT2D eigenvalue weighted by Crippen LogP contribution is -2.15. The van der Waals surface area contributed by atoms with Crippen LogP contribution in [0.4, 0.5) is 0 Å². The van der Waals surface area contributed by atoms with Crippen molar-refractivity contribution in [1.82, 2.24) is 0 Å². The van der Waals surface area contributed by atoms with Crippen molar-refractivity contribution in [3.8, 4) is 44.5 Å². The summed E-state index contributed by atoms with van der Waals surface area (Å²) in [5.41, 5.74) is 16.2. The highest BCUT2D eigenvalue weighted by molar-refractivity contribution is 6.08. The molecule has 7 aromatic carbocycles. The van der Waals surface area contributed by atoms with Crippen LogP contribution in [0.2, 0.25) is 0 Å². The quantitative estimate of drug-likeness (QED) is 0.184. The van der Waals surface area contributed by atoms with E-state index in [2.05, 4.69) is 161 Å². The molecule has 7 aromatic rings. The normalized spacial score (nSPS) is 15.2. The van der Waals surface area contributed by atoms with E-state index in [4.69, 9.17) is 0 Å². The lowest BCUT2D eigenvalue weighted by Gasteiger charge is -2.23. The molecule has 44 heavy (non-hydrogen) atoms. The molecule has 0 saturated carbocycles. The van der Waals surface area contributed by atoms with Crippen LogP contribution in [-0.2, 0) is 10.8 Å². The smallest absolute Gasteiger partial charge is 0.0159 e. The molecular formula is C44H34. The summed E-state index contributed by atoms with van der Waals surface area (Å²) in [6.07, 6.45) is 0. The van der Waals surface area contributed by atoms with Gasteiger partial charge in [-0.3, -0.25) is 0 Å². The van der Waals surface area contributed by atoms with E-state index in [9.17, 15) is 0 Å². The molecule has 0 heterocycles. The third-order valence-electron chi connectivity index (χ3n) is 10.7. The Morgan fingerprint density at radius 2 is 0.750 bits per heavy atom. The van der Waals surface area contributed by atoms with Crippen molar-refractivity contribution >= 4 is 21.5 Å². The number of fused-ring (bicyclic) bond motifs is 9. The van der Waals surface area contributed by atoms with Crippen LogP contribution in [0.3, 0.4) is 0 Å².